The Kier molecular flexibility index (Phi) is 3.64. The first-order valence-corrected chi connectivity index (χ1v) is 5.90. The number of para-hydroxylation sites is 1. The molecule has 2 atom stereocenters. The van der Waals surface area contributed by atoms with Crippen molar-refractivity contribution in [2.75, 3.05) is 12.8 Å². The van der Waals surface area contributed by atoms with Gasteiger partial charge in [0.15, 0.2) is 0 Å². The van der Waals surface area contributed by atoms with Gasteiger partial charge in [-0.1, -0.05) is 12.1 Å². The van der Waals surface area contributed by atoms with E-state index in [0.717, 1.165) is 19.3 Å². The van der Waals surface area contributed by atoms with E-state index in [1.54, 1.807) is 19.2 Å². The first-order valence-electron chi connectivity index (χ1n) is 5.90. The number of benzene rings is 1. The molecular weight excluding hydrogens is 216 g/mol. The third-order valence-electron chi connectivity index (χ3n) is 3.28. The minimum absolute atomic E-state index is 0.104. The van der Waals surface area contributed by atoms with Crippen molar-refractivity contribution in [1.29, 1.82) is 0 Å². The van der Waals surface area contributed by atoms with Crippen LogP contribution in [0.3, 0.4) is 0 Å². The third-order valence-corrected chi connectivity index (χ3v) is 3.28. The highest BCUT2D eigenvalue weighted by Crippen LogP contribution is 2.22. The summed E-state index contributed by atoms with van der Waals surface area (Å²) in [6, 6.07) is 7.21. The third kappa shape index (κ3) is 2.58. The van der Waals surface area contributed by atoms with Gasteiger partial charge in [0.05, 0.1) is 17.7 Å². The number of ether oxygens (including phenoxy) is 1. The summed E-state index contributed by atoms with van der Waals surface area (Å²) >= 11 is 0. The van der Waals surface area contributed by atoms with E-state index in [-0.39, 0.29) is 18.1 Å². The molecule has 0 heterocycles. The summed E-state index contributed by atoms with van der Waals surface area (Å²) in [6.07, 6.45) is 3.19. The zero-order chi connectivity index (χ0) is 12.3. The van der Waals surface area contributed by atoms with Crippen molar-refractivity contribution in [2.45, 2.75) is 31.4 Å². The molecule has 0 aliphatic heterocycles. The van der Waals surface area contributed by atoms with Crippen LogP contribution in [0.5, 0.6) is 0 Å². The van der Waals surface area contributed by atoms with Crippen LogP contribution in [0.15, 0.2) is 24.3 Å². The van der Waals surface area contributed by atoms with Gasteiger partial charge >= 0.3 is 0 Å². The Balaban J connectivity index is 2.04. The van der Waals surface area contributed by atoms with Crippen molar-refractivity contribution >= 4 is 11.6 Å². The molecule has 1 fully saturated rings. The second kappa shape index (κ2) is 5.19. The molecule has 0 radical (unpaired) electrons. The largest absolute Gasteiger partial charge is 0.398 e. The van der Waals surface area contributed by atoms with Crippen molar-refractivity contribution in [3.63, 3.8) is 0 Å². The summed E-state index contributed by atoms with van der Waals surface area (Å²) < 4.78 is 5.34. The minimum atomic E-state index is -0.114. The monoisotopic (exact) mass is 234 g/mol. The zero-order valence-corrected chi connectivity index (χ0v) is 9.98. The summed E-state index contributed by atoms with van der Waals surface area (Å²) in [5.41, 5.74) is 6.82. The number of anilines is 1. The van der Waals surface area contributed by atoms with Crippen molar-refractivity contribution in [2.24, 2.45) is 0 Å². The molecule has 0 saturated heterocycles. The Morgan fingerprint density at radius 2 is 2.18 bits per heavy atom. The predicted octanol–water partition coefficient (Wildman–Crippen LogP) is 1.57. The van der Waals surface area contributed by atoms with Gasteiger partial charge in [0.1, 0.15) is 0 Å². The molecule has 92 valence electrons. The molecule has 3 N–H and O–H groups in total. The van der Waals surface area contributed by atoms with Gasteiger partial charge in [-0.2, -0.15) is 0 Å². The smallest absolute Gasteiger partial charge is 0.253 e. The highest BCUT2D eigenvalue weighted by Gasteiger charge is 2.28. The number of carbonyl (C=O) groups is 1. The van der Waals surface area contributed by atoms with Crippen LogP contribution in [-0.2, 0) is 4.74 Å². The maximum Gasteiger partial charge on any atom is 0.253 e. The van der Waals surface area contributed by atoms with Gasteiger partial charge in [0, 0.05) is 12.8 Å². The van der Waals surface area contributed by atoms with Gasteiger partial charge in [-0.3, -0.25) is 4.79 Å². The molecule has 1 aliphatic carbocycles. The molecule has 0 spiro atoms. The van der Waals surface area contributed by atoms with Crippen LogP contribution in [0.1, 0.15) is 29.6 Å². The molecule has 2 rings (SSSR count). The molecule has 1 amide bonds. The number of hydrogen-bond donors (Lipinski definition) is 2. The fraction of sp³-hybridized carbons (Fsp3) is 0.462. The van der Waals surface area contributed by atoms with Gasteiger partial charge in [-0.05, 0) is 31.4 Å². The molecule has 17 heavy (non-hydrogen) atoms. The number of amides is 1. The molecule has 1 saturated carbocycles. The summed E-state index contributed by atoms with van der Waals surface area (Å²) in [4.78, 5) is 12.0. The van der Waals surface area contributed by atoms with Crippen LogP contribution in [0.25, 0.3) is 0 Å². The lowest BCUT2D eigenvalue weighted by atomic mass is 10.1. The number of methoxy groups -OCH3 is 1. The van der Waals surface area contributed by atoms with Gasteiger partial charge in [-0.15, -0.1) is 0 Å². The number of carbonyl (C=O) groups excluding carboxylic acids is 1. The Morgan fingerprint density at radius 1 is 1.41 bits per heavy atom. The lowest BCUT2D eigenvalue weighted by molar-refractivity contribution is 0.0722. The number of nitrogen functional groups attached to an aromatic ring is 1. The number of hydrogen-bond acceptors (Lipinski definition) is 3. The summed E-state index contributed by atoms with van der Waals surface area (Å²) in [5, 5.41) is 2.99. The van der Waals surface area contributed by atoms with Crippen molar-refractivity contribution in [1.82, 2.24) is 5.32 Å². The number of nitrogens with two attached hydrogens (primary N) is 1. The molecular formula is C13H18N2O2. The van der Waals surface area contributed by atoms with Gasteiger partial charge in [0.2, 0.25) is 0 Å². The maximum absolute atomic E-state index is 12.0. The number of rotatable bonds is 3. The van der Waals surface area contributed by atoms with E-state index in [4.69, 9.17) is 10.5 Å². The quantitative estimate of drug-likeness (QED) is 0.780. The fourth-order valence-electron chi connectivity index (χ4n) is 2.32. The Hall–Kier alpha value is -1.55. The van der Waals surface area contributed by atoms with Crippen molar-refractivity contribution < 1.29 is 9.53 Å². The lowest BCUT2D eigenvalue weighted by Crippen LogP contribution is -2.40. The standard InChI is InChI=1S/C13H18N2O2/c1-17-12-8-4-7-11(12)15-13(16)9-5-2-3-6-10(9)14/h2-3,5-6,11-12H,4,7-8,14H2,1H3,(H,15,16). The highest BCUT2D eigenvalue weighted by molar-refractivity contribution is 5.99. The lowest BCUT2D eigenvalue weighted by Gasteiger charge is -2.20. The second-order valence-electron chi connectivity index (χ2n) is 4.37. The average molecular weight is 234 g/mol. The molecule has 4 nitrogen and oxygen atoms in total. The molecule has 1 aromatic carbocycles. The van der Waals surface area contributed by atoms with E-state index >= 15 is 0 Å². The molecule has 2 unspecified atom stereocenters. The van der Waals surface area contributed by atoms with E-state index in [1.807, 2.05) is 12.1 Å². The van der Waals surface area contributed by atoms with Crippen molar-refractivity contribution in [3.05, 3.63) is 29.8 Å². The maximum atomic E-state index is 12.0. The van der Waals surface area contributed by atoms with E-state index < -0.39 is 0 Å². The first kappa shape index (κ1) is 11.9. The summed E-state index contributed by atoms with van der Waals surface area (Å²) in [5.74, 6) is -0.114. The van der Waals surface area contributed by atoms with Crippen molar-refractivity contribution in [3.8, 4) is 0 Å². The minimum Gasteiger partial charge on any atom is -0.398 e. The Morgan fingerprint density at radius 3 is 2.88 bits per heavy atom. The predicted molar refractivity (Wildman–Crippen MR) is 66.8 cm³/mol. The van der Waals surface area contributed by atoms with Gasteiger partial charge in [-0.25, -0.2) is 0 Å². The van der Waals surface area contributed by atoms with E-state index in [2.05, 4.69) is 5.32 Å². The molecule has 0 bridgehead atoms. The average Bonchev–Trinajstić information content (AvgIpc) is 2.76. The van der Waals surface area contributed by atoms with E-state index in [1.165, 1.54) is 0 Å². The highest BCUT2D eigenvalue weighted by atomic mass is 16.5. The Labute approximate surface area is 101 Å². The first-order chi connectivity index (χ1) is 8.22. The van der Waals surface area contributed by atoms with Crippen LogP contribution >= 0.6 is 0 Å². The normalized spacial score (nSPS) is 23.6. The molecule has 0 aromatic heterocycles. The van der Waals surface area contributed by atoms with Crippen LogP contribution < -0.4 is 11.1 Å². The summed E-state index contributed by atoms with van der Waals surface area (Å²) in [7, 11) is 1.69. The van der Waals surface area contributed by atoms with Crippen LogP contribution in [0.2, 0.25) is 0 Å². The Bertz CT molecular complexity index is 406. The molecule has 1 aromatic rings. The number of nitrogens with one attached hydrogen (secondary N) is 1. The molecule has 1 aliphatic rings. The van der Waals surface area contributed by atoms with Crippen LogP contribution in [0.4, 0.5) is 5.69 Å². The van der Waals surface area contributed by atoms with Gasteiger partial charge in [0.25, 0.3) is 5.91 Å². The molecule has 4 heteroatoms. The second-order valence-corrected chi connectivity index (χ2v) is 4.37. The SMILES string of the molecule is COC1CCCC1NC(=O)c1ccccc1N. The fourth-order valence-corrected chi connectivity index (χ4v) is 2.32. The topological polar surface area (TPSA) is 64.3 Å². The van der Waals surface area contributed by atoms with Crippen LogP contribution in [0, 0.1) is 0 Å². The van der Waals surface area contributed by atoms with E-state index in [0.29, 0.717) is 11.3 Å². The van der Waals surface area contributed by atoms with Gasteiger partial charge < -0.3 is 15.8 Å². The van der Waals surface area contributed by atoms with Crippen LogP contribution in [-0.4, -0.2) is 25.2 Å². The zero-order valence-electron chi connectivity index (χ0n) is 9.98. The summed E-state index contributed by atoms with van der Waals surface area (Å²) in [6.45, 7) is 0. The van der Waals surface area contributed by atoms with E-state index in [9.17, 15) is 4.79 Å².